The van der Waals surface area contributed by atoms with Gasteiger partial charge in [-0.15, -0.1) is 0 Å². The van der Waals surface area contributed by atoms with E-state index in [-0.39, 0.29) is 18.0 Å². The second kappa shape index (κ2) is 8.66. The molecule has 0 aliphatic carbocycles. The van der Waals surface area contributed by atoms with Crippen LogP contribution in [-0.2, 0) is 23.9 Å². The van der Waals surface area contributed by atoms with E-state index in [1.54, 1.807) is 0 Å². The molecule has 0 saturated heterocycles. The standard InChI is InChI=1S/C18H19F3N2O3/c1-26-11-10-23-12-14(4-7-16(23)24)17(25)22-9-8-13-2-5-15(6-3-13)18(19,20)21/h2-7,12H,8-11H2,1H3,(H,22,25). The van der Waals surface area contributed by atoms with Gasteiger partial charge in [0.1, 0.15) is 0 Å². The Bertz CT molecular complexity index is 799. The highest BCUT2D eigenvalue weighted by atomic mass is 19.4. The average molecular weight is 368 g/mol. The summed E-state index contributed by atoms with van der Waals surface area (Å²) in [5, 5.41) is 2.69. The summed E-state index contributed by atoms with van der Waals surface area (Å²) in [6.07, 6.45) is -2.51. The minimum Gasteiger partial charge on any atom is -0.383 e. The molecule has 0 aliphatic heterocycles. The third-order valence-corrected chi connectivity index (χ3v) is 3.76. The van der Waals surface area contributed by atoms with Gasteiger partial charge in [-0.3, -0.25) is 9.59 Å². The summed E-state index contributed by atoms with van der Waals surface area (Å²) in [7, 11) is 1.52. The molecule has 140 valence electrons. The Balaban J connectivity index is 1.91. The average Bonchev–Trinajstić information content (AvgIpc) is 2.60. The second-order valence-corrected chi connectivity index (χ2v) is 5.64. The number of ether oxygens (including phenoxy) is 1. The molecule has 0 unspecified atom stereocenters. The lowest BCUT2D eigenvalue weighted by Crippen LogP contribution is -2.28. The van der Waals surface area contributed by atoms with Crippen molar-refractivity contribution < 1.29 is 22.7 Å². The predicted molar refractivity (Wildman–Crippen MR) is 90.1 cm³/mol. The Morgan fingerprint density at radius 2 is 1.85 bits per heavy atom. The van der Waals surface area contributed by atoms with E-state index in [4.69, 9.17) is 4.74 Å². The number of alkyl halides is 3. The molecule has 0 bridgehead atoms. The number of aromatic nitrogens is 1. The Morgan fingerprint density at radius 1 is 1.15 bits per heavy atom. The first-order chi connectivity index (χ1) is 12.3. The molecule has 2 aromatic rings. The van der Waals surface area contributed by atoms with Crippen molar-refractivity contribution in [1.82, 2.24) is 9.88 Å². The lowest BCUT2D eigenvalue weighted by Gasteiger charge is -2.10. The van der Waals surface area contributed by atoms with Crippen LogP contribution in [-0.4, -0.2) is 30.7 Å². The van der Waals surface area contributed by atoms with Crippen LogP contribution < -0.4 is 10.9 Å². The summed E-state index contributed by atoms with van der Waals surface area (Å²) >= 11 is 0. The first-order valence-electron chi connectivity index (χ1n) is 7.95. The zero-order valence-electron chi connectivity index (χ0n) is 14.2. The molecule has 1 N–H and O–H groups in total. The SMILES string of the molecule is COCCn1cc(C(=O)NCCc2ccc(C(F)(F)F)cc2)ccc1=O. The van der Waals surface area contributed by atoms with Crippen LogP contribution in [0.4, 0.5) is 13.2 Å². The molecule has 26 heavy (non-hydrogen) atoms. The van der Waals surface area contributed by atoms with Gasteiger partial charge < -0.3 is 14.6 Å². The molecule has 8 heteroatoms. The molecule has 0 radical (unpaired) electrons. The van der Waals surface area contributed by atoms with Crippen LogP contribution in [0.2, 0.25) is 0 Å². The summed E-state index contributed by atoms with van der Waals surface area (Å²) in [5.41, 5.74) is 0.0726. The van der Waals surface area contributed by atoms with Crippen LogP contribution in [0.15, 0.2) is 47.4 Å². The zero-order chi connectivity index (χ0) is 19.2. The summed E-state index contributed by atoms with van der Waals surface area (Å²) in [6, 6.07) is 7.55. The monoisotopic (exact) mass is 368 g/mol. The number of carbonyl (C=O) groups excluding carboxylic acids is 1. The fourth-order valence-corrected chi connectivity index (χ4v) is 2.31. The summed E-state index contributed by atoms with van der Waals surface area (Å²) in [6.45, 7) is 0.947. The largest absolute Gasteiger partial charge is 0.416 e. The van der Waals surface area contributed by atoms with E-state index in [0.29, 0.717) is 30.7 Å². The maximum Gasteiger partial charge on any atom is 0.416 e. The quantitative estimate of drug-likeness (QED) is 0.817. The number of pyridine rings is 1. The van der Waals surface area contributed by atoms with E-state index in [9.17, 15) is 22.8 Å². The highest BCUT2D eigenvalue weighted by Crippen LogP contribution is 2.29. The molecule has 5 nitrogen and oxygen atoms in total. The maximum atomic E-state index is 12.5. The van der Waals surface area contributed by atoms with Gasteiger partial charge in [-0.1, -0.05) is 12.1 Å². The molecular weight excluding hydrogens is 349 g/mol. The van der Waals surface area contributed by atoms with Crippen molar-refractivity contribution >= 4 is 5.91 Å². The van der Waals surface area contributed by atoms with Gasteiger partial charge in [0.05, 0.1) is 17.7 Å². The summed E-state index contributed by atoms with van der Waals surface area (Å²) in [4.78, 5) is 23.8. The van der Waals surface area contributed by atoms with Gasteiger partial charge in [0.2, 0.25) is 0 Å². The second-order valence-electron chi connectivity index (χ2n) is 5.64. The number of amides is 1. The van der Waals surface area contributed by atoms with Gasteiger partial charge >= 0.3 is 6.18 Å². The van der Waals surface area contributed by atoms with Crippen molar-refractivity contribution in [3.8, 4) is 0 Å². The van der Waals surface area contributed by atoms with Crippen molar-refractivity contribution in [2.24, 2.45) is 0 Å². The zero-order valence-corrected chi connectivity index (χ0v) is 14.2. The van der Waals surface area contributed by atoms with Gasteiger partial charge in [0, 0.05) is 32.5 Å². The van der Waals surface area contributed by atoms with Crippen LogP contribution in [0.5, 0.6) is 0 Å². The van der Waals surface area contributed by atoms with Crippen LogP contribution >= 0.6 is 0 Å². The van der Waals surface area contributed by atoms with Crippen molar-refractivity contribution in [2.45, 2.75) is 19.1 Å². The minimum absolute atomic E-state index is 0.233. The van der Waals surface area contributed by atoms with Crippen molar-refractivity contribution in [2.75, 3.05) is 20.3 Å². The molecule has 0 atom stereocenters. The highest BCUT2D eigenvalue weighted by Gasteiger charge is 2.29. The van der Waals surface area contributed by atoms with E-state index in [1.165, 1.54) is 42.1 Å². The highest BCUT2D eigenvalue weighted by molar-refractivity contribution is 5.93. The molecule has 1 heterocycles. The van der Waals surface area contributed by atoms with Crippen molar-refractivity contribution in [3.63, 3.8) is 0 Å². The summed E-state index contributed by atoms with van der Waals surface area (Å²) < 4.78 is 43.8. The van der Waals surface area contributed by atoms with E-state index in [0.717, 1.165) is 12.1 Å². The Kier molecular flexibility index (Phi) is 6.57. The van der Waals surface area contributed by atoms with Crippen molar-refractivity contribution in [1.29, 1.82) is 0 Å². The molecule has 2 rings (SSSR count). The van der Waals surface area contributed by atoms with E-state index in [2.05, 4.69) is 5.32 Å². The third-order valence-electron chi connectivity index (χ3n) is 3.76. The lowest BCUT2D eigenvalue weighted by atomic mass is 10.1. The molecule has 0 spiro atoms. The van der Waals surface area contributed by atoms with Gasteiger partial charge in [-0.25, -0.2) is 0 Å². The van der Waals surface area contributed by atoms with E-state index in [1.807, 2.05) is 0 Å². The fraction of sp³-hybridized carbons (Fsp3) is 0.333. The first-order valence-corrected chi connectivity index (χ1v) is 7.95. The van der Waals surface area contributed by atoms with Gasteiger partial charge in [-0.2, -0.15) is 13.2 Å². The minimum atomic E-state index is -4.36. The molecule has 1 aromatic carbocycles. The number of benzene rings is 1. The number of hydrogen-bond acceptors (Lipinski definition) is 3. The normalized spacial score (nSPS) is 11.4. The third kappa shape index (κ3) is 5.45. The predicted octanol–water partition coefficient (Wildman–Crippen LogP) is 2.49. The molecular formula is C18H19F3N2O3. The summed E-state index contributed by atoms with van der Waals surface area (Å²) in [5.74, 6) is -0.358. The molecule has 0 fully saturated rings. The number of nitrogens with zero attached hydrogens (tertiary/aromatic N) is 1. The van der Waals surface area contributed by atoms with E-state index < -0.39 is 11.7 Å². The lowest BCUT2D eigenvalue weighted by molar-refractivity contribution is -0.137. The number of hydrogen-bond donors (Lipinski definition) is 1. The van der Waals surface area contributed by atoms with Gasteiger partial charge in [-0.05, 0) is 30.2 Å². The fourth-order valence-electron chi connectivity index (χ4n) is 2.31. The van der Waals surface area contributed by atoms with Crippen LogP contribution in [0.25, 0.3) is 0 Å². The molecule has 1 amide bonds. The van der Waals surface area contributed by atoms with Crippen LogP contribution in [0.1, 0.15) is 21.5 Å². The van der Waals surface area contributed by atoms with Gasteiger partial charge in [0.25, 0.3) is 11.5 Å². The van der Waals surface area contributed by atoms with Gasteiger partial charge in [0.15, 0.2) is 0 Å². The Hall–Kier alpha value is -2.61. The number of nitrogens with one attached hydrogen (secondary N) is 1. The number of methoxy groups -OCH3 is 1. The number of halogens is 3. The number of rotatable bonds is 7. The Morgan fingerprint density at radius 3 is 2.46 bits per heavy atom. The van der Waals surface area contributed by atoms with E-state index >= 15 is 0 Å². The molecule has 1 aromatic heterocycles. The van der Waals surface area contributed by atoms with Crippen LogP contribution in [0, 0.1) is 0 Å². The van der Waals surface area contributed by atoms with Crippen molar-refractivity contribution in [3.05, 3.63) is 69.6 Å². The number of carbonyl (C=O) groups is 1. The van der Waals surface area contributed by atoms with Crippen LogP contribution in [0.3, 0.4) is 0 Å². The first kappa shape index (κ1) is 19.7. The maximum absolute atomic E-state index is 12.5. The molecule has 0 saturated carbocycles. The molecule has 0 aliphatic rings. The smallest absolute Gasteiger partial charge is 0.383 e. The Labute approximate surface area is 148 Å². The topological polar surface area (TPSA) is 60.3 Å².